The molecule has 0 saturated heterocycles. The average Bonchev–Trinajstić information content (AvgIpc) is 2.96. The van der Waals surface area contributed by atoms with Crippen molar-refractivity contribution in [3.8, 4) is 0 Å². The average molecular weight is 225 g/mol. The van der Waals surface area contributed by atoms with Gasteiger partial charge in [-0.25, -0.2) is 0 Å². The second kappa shape index (κ2) is 4.82. The van der Waals surface area contributed by atoms with Crippen LogP contribution < -0.4 is 5.32 Å². The molecule has 1 heterocycles. The van der Waals surface area contributed by atoms with Crippen molar-refractivity contribution >= 4 is 6.01 Å². The lowest BCUT2D eigenvalue weighted by atomic mass is 10.2. The first kappa shape index (κ1) is 11.4. The van der Waals surface area contributed by atoms with E-state index in [-0.39, 0.29) is 6.10 Å². The van der Waals surface area contributed by atoms with Crippen LogP contribution in [0.1, 0.15) is 45.5 Å². The Bertz CT molecular complexity index is 334. The Kier molecular flexibility index (Phi) is 3.43. The summed E-state index contributed by atoms with van der Waals surface area (Å²) in [5.41, 5.74) is 0. The van der Waals surface area contributed by atoms with E-state index in [9.17, 15) is 0 Å². The Labute approximate surface area is 95.6 Å². The van der Waals surface area contributed by atoms with E-state index in [1.807, 2.05) is 20.8 Å². The molecule has 1 aromatic rings. The molecule has 2 rings (SSSR count). The van der Waals surface area contributed by atoms with Gasteiger partial charge >= 0.3 is 6.01 Å². The molecule has 0 bridgehead atoms. The summed E-state index contributed by atoms with van der Waals surface area (Å²) in [6, 6.07) is 0.773. The van der Waals surface area contributed by atoms with Gasteiger partial charge in [-0.05, 0) is 39.5 Å². The number of rotatable bonds is 6. The summed E-state index contributed by atoms with van der Waals surface area (Å²) in [4.78, 5) is 4.32. The molecule has 0 spiro atoms. The van der Waals surface area contributed by atoms with Crippen molar-refractivity contribution in [2.45, 2.75) is 45.8 Å². The van der Waals surface area contributed by atoms with E-state index < -0.39 is 0 Å². The van der Waals surface area contributed by atoms with E-state index in [0.29, 0.717) is 30.4 Å². The number of aromatic nitrogens is 2. The SMILES string of the molecule is CCOC(c1noc(NC(C)C)n1)C1CC1. The predicted molar refractivity (Wildman–Crippen MR) is 60.1 cm³/mol. The van der Waals surface area contributed by atoms with Gasteiger partial charge in [0, 0.05) is 12.6 Å². The van der Waals surface area contributed by atoms with Gasteiger partial charge in [-0.1, -0.05) is 5.16 Å². The van der Waals surface area contributed by atoms with Crippen molar-refractivity contribution in [3.63, 3.8) is 0 Å². The molecule has 5 nitrogen and oxygen atoms in total. The highest BCUT2D eigenvalue weighted by Gasteiger charge is 2.36. The van der Waals surface area contributed by atoms with Crippen LogP contribution in [0.3, 0.4) is 0 Å². The number of nitrogens with zero attached hydrogens (tertiary/aromatic N) is 2. The van der Waals surface area contributed by atoms with E-state index in [0.717, 1.165) is 0 Å². The first-order valence-electron chi connectivity index (χ1n) is 5.92. The molecule has 5 heteroatoms. The topological polar surface area (TPSA) is 60.2 Å². The Morgan fingerprint density at radius 2 is 2.25 bits per heavy atom. The van der Waals surface area contributed by atoms with Gasteiger partial charge in [-0.15, -0.1) is 0 Å². The third kappa shape index (κ3) is 2.72. The highest BCUT2D eigenvalue weighted by Crippen LogP contribution is 2.42. The van der Waals surface area contributed by atoms with Gasteiger partial charge in [0.1, 0.15) is 6.10 Å². The van der Waals surface area contributed by atoms with Crippen molar-refractivity contribution in [3.05, 3.63) is 5.82 Å². The number of hydrogen-bond donors (Lipinski definition) is 1. The van der Waals surface area contributed by atoms with Gasteiger partial charge in [-0.3, -0.25) is 0 Å². The zero-order valence-corrected chi connectivity index (χ0v) is 10.1. The normalized spacial score (nSPS) is 17.8. The minimum atomic E-state index is 0.0106. The summed E-state index contributed by atoms with van der Waals surface area (Å²) in [6.45, 7) is 6.74. The zero-order chi connectivity index (χ0) is 11.5. The fraction of sp³-hybridized carbons (Fsp3) is 0.818. The van der Waals surface area contributed by atoms with Crippen LogP contribution in [0.25, 0.3) is 0 Å². The quantitative estimate of drug-likeness (QED) is 0.805. The summed E-state index contributed by atoms with van der Waals surface area (Å²) >= 11 is 0. The minimum absolute atomic E-state index is 0.0106. The molecule has 0 aromatic carbocycles. The third-order valence-electron chi connectivity index (χ3n) is 2.50. The first-order chi connectivity index (χ1) is 7.70. The molecule has 1 aliphatic carbocycles. The monoisotopic (exact) mass is 225 g/mol. The van der Waals surface area contributed by atoms with Crippen molar-refractivity contribution in [2.24, 2.45) is 5.92 Å². The maximum atomic E-state index is 5.66. The number of hydrogen-bond acceptors (Lipinski definition) is 5. The highest BCUT2D eigenvalue weighted by molar-refractivity contribution is 5.20. The fourth-order valence-electron chi connectivity index (χ4n) is 1.66. The first-order valence-corrected chi connectivity index (χ1v) is 5.92. The van der Waals surface area contributed by atoms with Crippen LogP contribution in [0.2, 0.25) is 0 Å². The molecular formula is C11H19N3O2. The molecule has 1 aromatic heterocycles. The maximum absolute atomic E-state index is 5.66. The fourth-order valence-corrected chi connectivity index (χ4v) is 1.66. The lowest BCUT2D eigenvalue weighted by molar-refractivity contribution is 0.0385. The lowest BCUT2D eigenvalue weighted by Crippen LogP contribution is -2.11. The van der Waals surface area contributed by atoms with Crippen LogP contribution in [-0.2, 0) is 4.74 Å². The molecule has 16 heavy (non-hydrogen) atoms. The van der Waals surface area contributed by atoms with Gasteiger partial charge in [0.15, 0.2) is 0 Å². The van der Waals surface area contributed by atoms with Crippen LogP contribution in [0.4, 0.5) is 6.01 Å². The maximum Gasteiger partial charge on any atom is 0.321 e. The highest BCUT2D eigenvalue weighted by atomic mass is 16.5. The van der Waals surface area contributed by atoms with Crippen molar-refractivity contribution in [1.29, 1.82) is 0 Å². The van der Waals surface area contributed by atoms with Crippen molar-refractivity contribution in [1.82, 2.24) is 10.1 Å². The molecule has 1 unspecified atom stereocenters. The van der Waals surface area contributed by atoms with Gasteiger partial charge in [0.2, 0.25) is 5.82 Å². The van der Waals surface area contributed by atoms with Gasteiger partial charge in [-0.2, -0.15) is 4.98 Å². The van der Waals surface area contributed by atoms with E-state index in [2.05, 4.69) is 15.5 Å². The molecule has 0 aliphatic heterocycles. The van der Waals surface area contributed by atoms with E-state index in [1.165, 1.54) is 12.8 Å². The third-order valence-corrected chi connectivity index (χ3v) is 2.50. The summed E-state index contributed by atoms with van der Waals surface area (Å²) in [5, 5.41) is 7.06. The Hall–Kier alpha value is -1.10. The van der Waals surface area contributed by atoms with Gasteiger partial charge < -0.3 is 14.6 Å². The van der Waals surface area contributed by atoms with Crippen LogP contribution >= 0.6 is 0 Å². The summed E-state index contributed by atoms with van der Waals surface area (Å²) in [5.74, 6) is 1.25. The molecule has 1 saturated carbocycles. The van der Waals surface area contributed by atoms with Gasteiger partial charge in [0.25, 0.3) is 0 Å². The standard InChI is InChI=1S/C11H19N3O2/c1-4-15-9(8-5-6-8)10-13-11(16-14-10)12-7(2)3/h7-9H,4-6H2,1-3H3,(H,12,13,14). The summed E-state index contributed by atoms with van der Waals surface area (Å²) < 4.78 is 10.8. The molecule has 0 amide bonds. The van der Waals surface area contributed by atoms with Crippen LogP contribution in [0, 0.1) is 5.92 Å². The molecule has 90 valence electrons. The number of anilines is 1. The lowest BCUT2D eigenvalue weighted by Gasteiger charge is -2.11. The summed E-state index contributed by atoms with van der Waals surface area (Å²) in [6.07, 6.45) is 2.41. The van der Waals surface area contributed by atoms with Crippen molar-refractivity contribution in [2.75, 3.05) is 11.9 Å². The minimum Gasteiger partial charge on any atom is -0.370 e. The molecular weight excluding hydrogens is 206 g/mol. The number of nitrogens with one attached hydrogen (secondary N) is 1. The predicted octanol–water partition coefficient (Wildman–Crippen LogP) is 2.38. The van der Waals surface area contributed by atoms with Crippen LogP contribution in [0.5, 0.6) is 0 Å². The van der Waals surface area contributed by atoms with Crippen LogP contribution in [0.15, 0.2) is 4.52 Å². The largest absolute Gasteiger partial charge is 0.370 e. The van der Waals surface area contributed by atoms with E-state index in [4.69, 9.17) is 9.26 Å². The number of ether oxygens (including phenoxy) is 1. The Morgan fingerprint density at radius 3 is 2.81 bits per heavy atom. The molecule has 1 aliphatic rings. The van der Waals surface area contributed by atoms with E-state index >= 15 is 0 Å². The molecule has 1 N–H and O–H groups in total. The zero-order valence-electron chi connectivity index (χ0n) is 10.1. The Balaban J connectivity index is 2.03. The molecule has 1 fully saturated rings. The van der Waals surface area contributed by atoms with E-state index in [1.54, 1.807) is 0 Å². The second-order valence-corrected chi connectivity index (χ2v) is 4.47. The van der Waals surface area contributed by atoms with Crippen molar-refractivity contribution < 1.29 is 9.26 Å². The molecule has 1 atom stereocenters. The van der Waals surface area contributed by atoms with Gasteiger partial charge in [0.05, 0.1) is 0 Å². The Morgan fingerprint density at radius 1 is 1.50 bits per heavy atom. The summed E-state index contributed by atoms with van der Waals surface area (Å²) in [7, 11) is 0. The second-order valence-electron chi connectivity index (χ2n) is 4.47. The molecule has 0 radical (unpaired) electrons. The van der Waals surface area contributed by atoms with Crippen LogP contribution in [-0.4, -0.2) is 22.8 Å². The smallest absolute Gasteiger partial charge is 0.321 e.